The highest BCUT2D eigenvalue weighted by Gasteiger charge is 2.25. The Balaban J connectivity index is 1.71. The van der Waals surface area contributed by atoms with E-state index in [1.54, 1.807) is 0 Å². The second kappa shape index (κ2) is 16.0. The lowest BCUT2D eigenvalue weighted by atomic mass is 10.1. The minimum absolute atomic E-state index is 0.0658. The van der Waals surface area contributed by atoms with E-state index in [-0.39, 0.29) is 31.9 Å². The third-order valence-corrected chi connectivity index (χ3v) is 12.9. The summed E-state index contributed by atoms with van der Waals surface area (Å²) >= 11 is 0. The lowest BCUT2D eigenvalue weighted by molar-refractivity contribution is 0.282. The predicted molar refractivity (Wildman–Crippen MR) is 188 cm³/mol. The third-order valence-electron chi connectivity index (χ3n) is 6.85. The van der Waals surface area contributed by atoms with E-state index in [1.807, 2.05) is 0 Å². The number of azo groups is 2. The van der Waals surface area contributed by atoms with Crippen LogP contribution in [0, 0.1) is 0 Å². The maximum Gasteiger partial charge on any atom is 0.397 e. The van der Waals surface area contributed by atoms with Gasteiger partial charge >= 0.3 is 20.8 Å². The molecule has 0 radical (unpaired) electrons. The van der Waals surface area contributed by atoms with Crippen LogP contribution >= 0.6 is 0 Å². The van der Waals surface area contributed by atoms with Gasteiger partial charge in [0.05, 0.1) is 51.6 Å². The molecule has 55 heavy (non-hydrogen) atoms. The minimum Gasteiger partial charge on any atom is -0.396 e. The standard InChI is InChI=1S/C26H25N5O18S6/c27-25-21-15-22(30-28-17-1-5-19(6-2-17)50(32,33)11-9-48-54(42,43)44)23(52(36,37)38)13-16(21)14-24(53(39,40)41)26(25)31-29-18-3-7-20(8-4-18)51(34,35)12-10-49-55(45,46)47/h1-8,13-15H,9-12,27H2,(H,36,37,38)(H,39,40,41)(H,42,43,44)(H,45,46,47). The van der Waals surface area contributed by atoms with E-state index in [9.17, 15) is 59.6 Å². The molecule has 0 unspecified atom stereocenters. The number of fused-ring (bicyclic) bond motifs is 1. The molecule has 29 heteroatoms. The highest BCUT2D eigenvalue weighted by Crippen LogP contribution is 2.42. The van der Waals surface area contributed by atoms with Crippen molar-refractivity contribution in [3.63, 3.8) is 0 Å². The molecule has 0 heterocycles. The maximum atomic E-state index is 12.4. The number of hydrogen-bond donors (Lipinski definition) is 5. The normalized spacial score (nSPS) is 13.6. The van der Waals surface area contributed by atoms with Crippen molar-refractivity contribution in [3.8, 4) is 0 Å². The number of hydrogen-bond acceptors (Lipinski definition) is 19. The zero-order valence-corrected chi connectivity index (χ0v) is 31.9. The quantitative estimate of drug-likeness (QED) is 0.0613. The molecule has 4 aromatic carbocycles. The van der Waals surface area contributed by atoms with Crippen LogP contribution in [0.15, 0.2) is 107 Å². The SMILES string of the molecule is Nc1c(N=Nc2ccc(S(=O)(=O)CCOS(=O)(=O)O)cc2)c(S(=O)(=O)O)cc2cc(S(=O)(=O)O)c(N=Nc3ccc(S(=O)(=O)CCOS(=O)(=O)O)cc3)cc12. The van der Waals surface area contributed by atoms with Crippen LogP contribution in [0.4, 0.5) is 28.4 Å². The fraction of sp³-hybridized carbons (Fsp3) is 0.154. The molecule has 0 aliphatic rings. The fourth-order valence-electron chi connectivity index (χ4n) is 4.38. The molecule has 0 atom stereocenters. The van der Waals surface area contributed by atoms with Gasteiger partial charge in [0.2, 0.25) is 0 Å². The van der Waals surface area contributed by atoms with E-state index in [0.29, 0.717) is 0 Å². The molecule has 4 aromatic rings. The van der Waals surface area contributed by atoms with Crippen molar-refractivity contribution >= 4 is 99.9 Å². The van der Waals surface area contributed by atoms with Gasteiger partial charge in [0.25, 0.3) is 20.2 Å². The summed E-state index contributed by atoms with van der Waals surface area (Å²) in [5.41, 5.74) is 4.30. The molecule has 0 saturated carbocycles. The van der Waals surface area contributed by atoms with Gasteiger partial charge in [0, 0.05) is 5.39 Å². The van der Waals surface area contributed by atoms with Crippen LogP contribution in [0.25, 0.3) is 10.8 Å². The molecule has 0 aliphatic carbocycles. The Kier molecular flexibility index (Phi) is 12.6. The van der Waals surface area contributed by atoms with Gasteiger partial charge in [-0.05, 0) is 72.1 Å². The number of sulfone groups is 2. The second-order valence-corrected chi connectivity index (χ2v) is 19.8. The molecule has 0 saturated heterocycles. The molecule has 0 spiro atoms. The van der Waals surface area contributed by atoms with Gasteiger partial charge in [-0.2, -0.15) is 43.9 Å². The Bertz CT molecular complexity index is 2880. The number of rotatable bonds is 16. The minimum atomic E-state index is -5.16. The Labute approximate surface area is 312 Å². The number of nitrogen functional groups attached to an aromatic ring is 1. The van der Waals surface area contributed by atoms with Crippen molar-refractivity contribution in [2.75, 3.05) is 30.5 Å². The Morgan fingerprint density at radius 2 is 0.927 bits per heavy atom. The van der Waals surface area contributed by atoms with Crippen molar-refractivity contribution in [2.45, 2.75) is 19.6 Å². The number of benzene rings is 4. The van der Waals surface area contributed by atoms with Gasteiger partial charge in [0.1, 0.15) is 21.2 Å². The van der Waals surface area contributed by atoms with Crippen molar-refractivity contribution in [1.82, 2.24) is 0 Å². The van der Waals surface area contributed by atoms with E-state index in [2.05, 4.69) is 28.8 Å². The van der Waals surface area contributed by atoms with Gasteiger partial charge in [-0.15, -0.1) is 10.2 Å². The van der Waals surface area contributed by atoms with Crippen molar-refractivity contribution in [2.24, 2.45) is 20.5 Å². The number of nitrogens with two attached hydrogens (primary N) is 1. The Morgan fingerprint density at radius 3 is 1.33 bits per heavy atom. The van der Waals surface area contributed by atoms with E-state index in [1.165, 1.54) is 0 Å². The molecule has 4 rings (SSSR count). The van der Waals surface area contributed by atoms with E-state index >= 15 is 0 Å². The largest absolute Gasteiger partial charge is 0.397 e. The van der Waals surface area contributed by atoms with E-state index in [0.717, 1.165) is 66.7 Å². The first-order valence-corrected chi connectivity index (χ1v) is 23.2. The summed E-state index contributed by atoms with van der Waals surface area (Å²) < 4.78 is 187. The topological polar surface area (TPSA) is 380 Å². The lowest BCUT2D eigenvalue weighted by Gasteiger charge is -2.12. The predicted octanol–water partition coefficient (Wildman–Crippen LogP) is 2.93. The Morgan fingerprint density at radius 1 is 0.527 bits per heavy atom. The molecular weight excluding hydrogens is 863 g/mol. The summed E-state index contributed by atoms with van der Waals surface area (Å²) in [6.45, 7) is -1.78. The van der Waals surface area contributed by atoms with Gasteiger partial charge in [-0.25, -0.2) is 25.2 Å². The first-order valence-electron chi connectivity index (χ1n) is 14.2. The summed E-state index contributed by atoms with van der Waals surface area (Å²) in [7, 11) is -28.2. The second-order valence-electron chi connectivity index (χ2n) is 10.7. The van der Waals surface area contributed by atoms with Gasteiger partial charge < -0.3 is 5.73 Å². The molecule has 0 fully saturated rings. The smallest absolute Gasteiger partial charge is 0.396 e. The number of nitrogens with zero attached hydrogens (tertiary/aromatic N) is 4. The zero-order chi connectivity index (χ0) is 41.2. The van der Waals surface area contributed by atoms with Crippen LogP contribution in [0.2, 0.25) is 0 Å². The van der Waals surface area contributed by atoms with Crippen LogP contribution in [-0.2, 0) is 69.1 Å². The fourth-order valence-corrected chi connectivity index (χ4v) is 8.67. The maximum absolute atomic E-state index is 12.4. The van der Waals surface area contributed by atoms with Gasteiger partial charge in [-0.1, -0.05) is 0 Å². The van der Waals surface area contributed by atoms with E-state index < -0.39 is 112 Å². The summed E-state index contributed by atoms with van der Waals surface area (Å²) in [5, 5.41) is 14.8. The van der Waals surface area contributed by atoms with E-state index in [4.69, 9.17) is 14.8 Å². The highest BCUT2D eigenvalue weighted by atomic mass is 32.3. The van der Waals surface area contributed by atoms with Crippen molar-refractivity contribution in [1.29, 1.82) is 0 Å². The Hall–Kier alpha value is -4.40. The van der Waals surface area contributed by atoms with Crippen LogP contribution in [0.1, 0.15) is 0 Å². The van der Waals surface area contributed by atoms with Gasteiger partial charge in [0.15, 0.2) is 19.7 Å². The molecule has 23 nitrogen and oxygen atoms in total. The highest BCUT2D eigenvalue weighted by molar-refractivity contribution is 7.91. The van der Waals surface area contributed by atoms with Crippen LogP contribution in [-0.4, -0.2) is 93.4 Å². The summed E-state index contributed by atoms with van der Waals surface area (Å²) in [6, 6.07) is 11.1. The molecule has 0 aliphatic heterocycles. The lowest BCUT2D eigenvalue weighted by Crippen LogP contribution is -2.15. The average molecular weight is 888 g/mol. The molecule has 0 bridgehead atoms. The molecule has 0 amide bonds. The summed E-state index contributed by atoms with van der Waals surface area (Å²) in [6.07, 6.45) is 0. The molecule has 0 aromatic heterocycles. The molecular formula is C26H25N5O18S6. The number of anilines is 1. The van der Waals surface area contributed by atoms with Crippen LogP contribution < -0.4 is 5.73 Å². The third kappa shape index (κ3) is 11.8. The monoisotopic (exact) mass is 887 g/mol. The van der Waals surface area contributed by atoms with Crippen LogP contribution in [0.5, 0.6) is 0 Å². The summed E-state index contributed by atoms with van der Waals surface area (Å²) in [5.74, 6) is -1.67. The van der Waals surface area contributed by atoms with Gasteiger partial charge in [-0.3, -0.25) is 18.2 Å². The molecule has 6 N–H and O–H groups in total. The molecule has 298 valence electrons. The first kappa shape index (κ1) is 43.3. The summed E-state index contributed by atoms with van der Waals surface area (Å²) in [4.78, 5) is -2.51. The van der Waals surface area contributed by atoms with Crippen LogP contribution in [0.3, 0.4) is 0 Å². The zero-order valence-electron chi connectivity index (χ0n) is 27.0. The average Bonchev–Trinajstić information content (AvgIpc) is 3.04. The van der Waals surface area contributed by atoms with Crippen molar-refractivity contribution in [3.05, 3.63) is 66.7 Å². The first-order chi connectivity index (χ1) is 25.2. The van der Waals surface area contributed by atoms with Crippen molar-refractivity contribution < 1.29 is 77.1 Å².